The van der Waals surface area contributed by atoms with Gasteiger partial charge in [-0.3, -0.25) is 14.5 Å². The second-order valence-electron chi connectivity index (χ2n) is 12.1. The van der Waals surface area contributed by atoms with Gasteiger partial charge in [-0.2, -0.15) is 4.99 Å². The van der Waals surface area contributed by atoms with E-state index in [4.69, 9.17) is 16.3 Å². The number of halogens is 3. The fourth-order valence-corrected chi connectivity index (χ4v) is 5.94. The summed E-state index contributed by atoms with van der Waals surface area (Å²) in [6.07, 6.45) is 4.25. The average Bonchev–Trinajstić information content (AvgIpc) is 3.42. The normalized spacial score (nSPS) is 14.7. The lowest BCUT2D eigenvalue weighted by molar-refractivity contribution is -0.115. The highest BCUT2D eigenvalue weighted by atomic mass is 35.5. The fraction of sp³-hybridized carbons (Fsp3) is 0.297. The largest absolute Gasteiger partial charge is 0.388 e. The molecule has 50 heavy (non-hydrogen) atoms. The molecule has 3 aromatic carbocycles. The van der Waals surface area contributed by atoms with E-state index in [0.717, 1.165) is 17.3 Å². The number of amides is 4. The molecule has 0 aliphatic carbocycles. The molecule has 1 heterocycles. The molecule has 0 radical (unpaired) electrons. The molecule has 0 bridgehead atoms. The minimum Gasteiger partial charge on any atom is -0.388 e. The van der Waals surface area contributed by atoms with Crippen LogP contribution in [0.15, 0.2) is 83.5 Å². The number of ether oxygens (including phenoxy) is 1. The number of aryl methyl sites for hydroxylation is 1. The van der Waals surface area contributed by atoms with Gasteiger partial charge in [0.05, 0.1) is 30.3 Å². The standard InChI is InChI=1S/C37H40ClF2N5O4S/c1-7-8-28(44(6)34(47)24-11-14-27(38)15-12-24)19-31(41-5)25-13-16-30(29(39)18-25)42-35(48)43-36-45(33(46)21-50-36)32-17-23(2)9-10-26(32)20-49-22-37(3,4)40/h8-19,41H,7,20-22H2,1-6H3,(H,42,48)/b28-8-,31-19-,43-36-. The number of alkyl halides is 1. The Morgan fingerprint density at radius 3 is 2.46 bits per heavy atom. The first-order valence-electron chi connectivity index (χ1n) is 15.9. The summed E-state index contributed by atoms with van der Waals surface area (Å²) in [7, 11) is 3.33. The van der Waals surface area contributed by atoms with Crippen LogP contribution >= 0.6 is 23.4 Å². The molecule has 264 valence electrons. The minimum absolute atomic E-state index is 0.0438. The maximum absolute atomic E-state index is 15.4. The highest BCUT2D eigenvalue weighted by molar-refractivity contribution is 8.15. The van der Waals surface area contributed by atoms with Gasteiger partial charge in [0.25, 0.3) is 5.91 Å². The number of hydrogen-bond donors (Lipinski definition) is 2. The van der Waals surface area contributed by atoms with Gasteiger partial charge in [0.15, 0.2) is 5.17 Å². The van der Waals surface area contributed by atoms with Gasteiger partial charge in [-0.15, -0.1) is 0 Å². The molecular weight excluding hydrogens is 684 g/mol. The second-order valence-corrected chi connectivity index (χ2v) is 13.5. The van der Waals surface area contributed by atoms with Crippen molar-refractivity contribution in [3.63, 3.8) is 0 Å². The second kappa shape index (κ2) is 16.9. The van der Waals surface area contributed by atoms with Crippen LogP contribution in [0, 0.1) is 12.7 Å². The summed E-state index contributed by atoms with van der Waals surface area (Å²) in [5.74, 6) is -1.20. The third kappa shape index (κ3) is 10.0. The van der Waals surface area contributed by atoms with E-state index in [1.54, 1.807) is 62.6 Å². The molecule has 0 atom stereocenters. The molecule has 0 spiro atoms. The number of amidine groups is 1. The van der Waals surface area contributed by atoms with E-state index in [-0.39, 0.29) is 41.6 Å². The number of nitrogens with one attached hydrogen (secondary N) is 2. The van der Waals surface area contributed by atoms with E-state index in [0.29, 0.717) is 45.2 Å². The molecule has 3 aromatic rings. The average molecular weight is 724 g/mol. The van der Waals surface area contributed by atoms with Crippen LogP contribution in [0.2, 0.25) is 5.02 Å². The molecule has 1 saturated heterocycles. The van der Waals surface area contributed by atoms with Crippen molar-refractivity contribution in [2.45, 2.75) is 46.4 Å². The zero-order valence-electron chi connectivity index (χ0n) is 28.8. The van der Waals surface area contributed by atoms with E-state index < -0.39 is 17.5 Å². The lowest BCUT2D eigenvalue weighted by Crippen LogP contribution is -2.31. The van der Waals surface area contributed by atoms with Crippen LogP contribution in [0.5, 0.6) is 0 Å². The van der Waals surface area contributed by atoms with Crippen molar-refractivity contribution in [1.82, 2.24) is 10.2 Å². The van der Waals surface area contributed by atoms with Gasteiger partial charge in [-0.25, -0.2) is 13.6 Å². The molecule has 9 nitrogen and oxygen atoms in total. The van der Waals surface area contributed by atoms with Crippen LogP contribution < -0.4 is 15.5 Å². The third-order valence-electron chi connectivity index (χ3n) is 7.43. The van der Waals surface area contributed by atoms with E-state index in [2.05, 4.69) is 15.6 Å². The fourth-order valence-electron chi connectivity index (χ4n) is 4.96. The van der Waals surface area contributed by atoms with Crippen LogP contribution in [0.3, 0.4) is 0 Å². The molecular formula is C37H40ClF2N5O4S. The summed E-state index contributed by atoms with van der Waals surface area (Å²) in [5.41, 5.74) is 2.36. The number of nitrogens with zero attached hydrogens (tertiary/aromatic N) is 3. The molecule has 0 unspecified atom stereocenters. The molecule has 0 aromatic heterocycles. The lowest BCUT2D eigenvalue weighted by atomic mass is 10.1. The van der Waals surface area contributed by atoms with Crippen LogP contribution in [0.1, 0.15) is 54.2 Å². The molecule has 13 heteroatoms. The van der Waals surface area contributed by atoms with E-state index in [9.17, 15) is 18.8 Å². The van der Waals surface area contributed by atoms with Crippen molar-refractivity contribution in [3.05, 3.63) is 112 Å². The van der Waals surface area contributed by atoms with Gasteiger partial charge in [-0.05, 0) is 81.3 Å². The molecule has 1 fully saturated rings. The molecule has 2 N–H and O–H groups in total. The third-order valence-corrected chi connectivity index (χ3v) is 8.60. The van der Waals surface area contributed by atoms with E-state index >= 15 is 4.39 Å². The number of benzene rings is 3. The number of carbonyl (C=O) groups is 3. The number of thioether (sulfide) groups is 1. The minimum atomic E-state index is -1.53. The van der Waals surface area contributed by atoms with E-state index in [1.165, 1.54) is 35.8 Å². The molecule has 1 aliphatic heterocycles. The van der Waals surface area contributed by atoms with Crippen LogP contribution in [-0.2, 0) is 16.1 Å². The maximum atomic E-state index is 15.4. The highest BCUT2D eigenvalue weighted by Crippen LogP contribution is 2.32. The zero-order valence-corrected chi connectivity index (χ0v) is 30.3. The zero-order chi connectivity index (χ0) is 36.6. The van der Waals surface area contributed by atoms with Gasteiger partial charge >= 0.3 is 6.03 Å². The number of rotatable bonds is 12. The Morgan fingerprint density at radius 1 is 1.12 bits per heavy atom. The summed E-state index contributed by atoms with van der Waals surface area (Å²) < 4.78 is 35.0. The molecule has 4 rings (SSSR count). The number of allylic oxidation sites excluding steroid dienone is 2. The van der Waals surface area contributed by atoms with Crippen molar-refractivity contribution in [2.75, 3.05) is 36.7 Å². The first-order valence-corrected chi connectivity index (χ1v) is 17.2. The van der Waals surface area contributed by atoms with Crippen molar-refractivity contribution in [1.29, 1.82) is 0 Å². The Kier molecular flexibility index (Phi) is 13.0. The van der Waals surface area contributed by atoms with Gasteiger partial charge in [0, 0.05) is 47.2 Å². The number of aliphatic imine (C=N–C) groups is 1. The first-order chi connectivity index (χ1) is 23.7. The van der Waals surface area contributed by atoms with Crippen LogP contribution in [0.25, 0.3) is 5.70 Å². The monoisotopic (exact) mass is 723 g/mol. The highest BCUT2D eigenvalue weighted by Gasteiger charge is 2.32. The number of likely N-dealkylation sites (N-methyl/N-ethyl adjacent to an activating group) is 1. The summed E-state index contributed by atoms with van der Waals surface area (Å²) in [6.45, 7) is 6.53. The molecule has 0 saturated carbocycles. The lowest BCUT2D eigenvalue weighted by Gasteiger charge is -2.21. The van der Waals surface area contributed by atoms with Crippen molar-refractivity contribution >= 4 is 63.4 Å². The summed E-state index contributed by atoms with van der Waals surface area (Å²) in [5, 5.41) is 6.17. The van der Waals surface area contributed by atoms with Gasteiger partial charge in [0.1, 0.15) is 11.5 Å². The number of hydrogen-bond acceptors (Lipinski definition) is 6. The van der Waals surface area contributed by atoms with Crippen molar-refractivity contribution in [2.24, 2.45) is 4.99 Å². The van der Waals surface area contributed by atoms with Crippen LogP contribution in [-0.4, -0.2) is 60.0 Å². The quantitative estimate of drug-likeness (QED) is 0.182. The Hall–Kier alpha value is -4.52. The van der Waals surface area contributed by atoms with Gasteiger partial charge < -0.3 is 20.3 Å². The number of urea groups is 1. The smallest absolute Gasteiger partial charge is 0.347 e. The summed E-state index contributed by atoms with van der Waals surface area (Å²) >= 11 is 7.06. The Labute approximate surface area is 300 Å². The van der Waals surface area contributed by atoms with Gasteiger partial charge in [0.2, 0.25) is 5.91 Å². The predicted octanol–water partition coefficient (Wildman–Crippen LogP) is 8.35. The SMILES string of the molecule is CC/C=C(/C=C(\NC)c1ccc(NC(=O)/N=C2\SCC(=O)N2c2cc(C)ccc2COCC(C)(C)F)c(F)c1)N(C)C(=O)c1ccc(Cl)cc1. The Bertz CT molecular complexity index is 1840. The molecule has 1 aliphatic rings. The summed E-state index contributed by atoms with van der Waals surface area (Å²) in [6, 6.07) is 15.4. The predicted molar refractivity (Wildman–Crippen MR) is 198 cm³/mol. The van der Waals surface area contributed by atoms with Gasteiger partial charge in [-0.1, -0.05) is 54.6 Å². The van der Waals surface area contributed by atoms with Crippen LogP contribution in [0.4, 0.5) is 25.0 Å². The number of carbonyl (C=O) groups excluding carboxylic acids is 3. The molecule has 4 amide bonds. The first kappa shape index (κ1) is 38.3. The Balaban J connectivity index is 1.53. The van der Waals surface area contributed by atoms with Crippen molar-refractivity contribution in [3.8, 4) is 0 Å². The number of anilines is 2. The maximum Gasteiger partial charge on any atom is 0.347 e. The summed E-state index contributed by atoms with van der Waals surface area (Å²) in [4.78, 5) is 46.1. The van der Waals surface area contributed by atoms with E-state index in [1.807, 2.05) is 26.0 Å². The van der Waals surface area contributed by atoms with Crippen molar-refractivity contribution < 1.29 is 27.9 Å². The Morgan fingerprint density at radius 2 is 1.82 bits per heavy atom. The topological polar surface area (TPSA) is 103 Å².